The number of rotatable bonds is 4. The van der Waals surface area contributed by atoms with Gasteiger partial charge in [0.1, 0.15) is 12.6 Å². The first-order valence-electron chi connectivity index (χ1n) is 5.48. The Bertz CT molecular complexity index is 540. The van der Waals surface area contributed by atoms with Crippen LogP contribution in [0.4, 0.5) is 18.9 Å². The zero-order valence-electron chi connectivity index (χ0n) is 10.5. The molecule has 1 amide bonds. The Morgan fingerprint density at radius 1 is 1.50 bits per heavy atom. The fraction of sp³-hybridized carbons (Fsp3) is 0.333. The third-order valence-corrected chi connectivity index (χ3v) is 2.71. The molecule has 20 heavy (non-hydrogen) atoms. The molecule has 108 valence electrons. The van der Waals surface area contributed by atoms with E-state index in [1.807, 2.05) is 6.07 Å². The second-order valence-electron chi connectivity index (χ2n) is 3.99. The number of nitriles is 1. The van der Waals surface area contributed by atoms with E-state index < -0.39 is 18.6 Å². The SMILES string of the molecule is CN(CC(F)(F)F)C(=O)CNc1c(Cl)cccc1C#N. The molecule has 1 N–H and O–H groups in total. The third kappa shape index (κ3) is 4.63. The molecule has 0 aliphatic heterocycles. The molecule has 0 heterocycles. The number of hydrogen-bond acceptors (Lipinski definition) is 3. The zero-order valence-corrected chi connectivity index (χ0v) is 11.2. The fourth-order valence-corrected chi connectivity index (χ4v) is 1.69. The van der Waals surface area contributed by atoms with Gasteiger partial charge in [0.2, 0.25) is 5.91 Å². The number of nitrogens with zero attached hydrogens (tertiary/aromatic N) is 2. The van der Waals surface area contributed by atoms with E-state index in [1.54, 1.807) is 6.07 Å². The molecule has 0 bridgehead atoms. The maximum atomic E-state index is 12.1. The number of halogens is 4. The van der Waals surface area contributed by atoms with Crippen molar-refractivity contribution in [2.75, 3.05) is 25.5 Å². The van der Waals surface area contributed by atoms with Crippen molar-refractivity contribution in [3.63, 3.8) is 0 Å². The summed E-state index contributed by atoms with van der Waals surface area (Å²) in [5, 5.41) is 11.7. The first-order chi connectivity index (χ1) is 9.24. The predicted molar refractivity (Wildman–Crippen MR) is 68.3 cm³/mol. The van der Waals surface area contributed by atoms with Crippen molar-refractivity contribution in [1.29, 1.82) is 5.26 Å². The third-order valence-electron chi connectivity index (χ3n) is 2.39. The molecule has 8 heteroatoms. The van der Waals surface area contributed by atoms with Crippen molar-refractivity contribution in [3.05, 3.63) is 28.8 Å². The molecule has 1 aromatic rings. The molecular weight excluding hydrogens is 295 g/mol. The summed E-state index contributed by atoms with van der Waals surface area (Å²) in [5.41, 5.74) is 0.439. The highest BCUT2D eigenvalue weighted by molar-refractivity contribution is 6.33. The van der Waals surface area contributed by atoms with Gasteiger partial charge in [-0.2, -0.15) is 18.4 Å². The van der Waals surface area contributed by atoms with Crippen molar-refractivity contribution in [2.45, 2.75) is 6.18 Å². The number of carbonyl (C=O) groups excluding carboxylic acids is 1. The molecule has 0 aliphatic rings. The number of para-hydroxylation sites is 1. The summed E-state index contributed by atoms with van der Waals surface area (Å²) in [6, 6.07) is 6.43. The molecule has 1 aromatic carbocycles. The lowest BCUT2D eigenvalue weighted by Gasteiger charge is -2.19. The van der Waals surface area contributed by atoms with Gasteiger partial charge in [-0.1, -0.05) is 17.7 Å². The van der Waals surface area contributed by atoms with Gasteiger partial charge in [0, 0.05) is 7.05 Å². The molecule has 0 aromatic heterocycles. The minimum absolute atomic E-state index is 0.212. The van der Waals surface area contributed by atoms with Crippen LogP contribution in [0.15, 0.2) is 18.2 Å². The average Bonchev–Trinajstić information content (AvgIpc) is 2.34. The number of nitrogens with one attached hydrogen (secondary N) is 1. The van der Waals surface area contributed by atoms with Crippen LogP contribution >= 0.6 is 11.6 Å². The Labute approximate surface area is 118 Å². The Morgan fingerprint density at radius 3 is 2.70 bits per heavy atom. The van der Waals surface area contributed by atoms with Crippen LogP contribution in [0.25, 0.3) is 0 Å². The van der Waals surface area contributed by atoms with Crippen LogP contribution in [-0.2, 0) is 4.79 Å². The van der Waals surface area contributed by atoms with Crippen molar-refractivity contribution >= 4 is 23.2 Å². The number of carbonyl (C=O) groups is 1. The summed E-state index contributed by atoms with van der Waals surface area (Å²) in [5.74, 6) is -0.758. The van der Waals surface area contributed by atoms with Crippen molar-refractivity contribution in [3.8, 4) is 6.07 Å². The predicted octanol–water partition coefficient (Wildman–Crippen LogP) is 2.64. The van der Waals surface area contributed by atoms with Crippen LogP contribution < -0.4 is 5.32 Å². The van der Waals surface area contributed by atoms with E-state index in [-0.39, 0.29) is 22.8 Å². The summed E-state index contributed by atoms with van der Waals surface area (Å²) in [4.78, 5) is 12.1. The Balaban J connectivity index is 2.69. The van der Waals surface area contributed by atoms with Crippen molar-refractivity contribution < 1.29 is 18.0 Å². The minimum Gasteiger partial charge on any atom is -0.374 e. The molecule has 0 unspecified atom stereocenters. The van der Waals surface area contributed by atoms with Gasteiger partial charge in [0.25, 0.3) is 0 Å². The van der Waals surface area contributed by atoms with E-state index in [9.17, 15) is 18.0 Å². The molecule has 0 aliphatic carbocycles. The first kappa shape index (κ1) is 16.1. The second kappa shape index (κ2) is 6.48. The van der Waals surface area contributed by atoms with Crippen LogP contribution in [-0.4, -0.2) is 37.1 Å². The van der Waals surface area contributed by atoms with E-state index in [0.29, 0.717) is 4.90 Å². The van der Waals surface area contributed by atoms with Gasteiger partial charge in [-0.05, 0) is 12.1 Å². The molecule has 0 saturated heterocycles. The number of anilines is 1. The van der Waals surface area contributed by atoms with E-state index in [2.05, 4.69) is 5.32 Å². The lowest BCUT2D eigenvalue weighted by molar-refractivity contribution is -0.157. The quantitative estimate of drug-likeness (QED) is 0.930. The lowest BCUT2D eigenvalue weighted by Crippen LogP contribution is -2.39. The van der Waals surface area contributed by atoms with E-state index >= 15 is 0 Å². The summed E-state index contributed by atoms with van der Waals surface area (Å²) in [7, 11) is 1.05. The maximum absolute atomic E-state index is 12.1. The van der Waals surface area contributed by atoms with Crippen LogP contribution in [0.2, 0.25) is 5.02 Å². The number of benzene rings is 1. The summed E-state index contributed by atoms with van der Waals surface area (Å²) >= 11 is 5.86. The van der Waals surface area contributed by atoms with E-state index in [1.165, 1.54) is 12.1 Å². The largest absolute Gasteiger partial charge is 0.406 e. The zero-order chi connectivity index (χ0) is 15.3. The Morgan fingerprint density at radius 2 is 2.15 bits per heavy atom. The summed E-state index contributed by atoms with van der Waals surface area (Å²) < 4.78 is 36.4. The smallest absolute Gasteiger partial charge is 0.374 e. The molecule has 0 fully saturated rings. The molecule has 0 radical (unpaired) electrons. The molecule has 0 spiro atoms. The topological polar surface area (TPSA) is 56.1 Å². The van der Waals surface area contributed by atoms with Crippen LogP contribution in [0.1, 0.15) is 5.56 Å². The lowest BCUT2D eigenvalue weighted by atomic mass is 10.2. The number of amides is 1. The molecule has 0 saturated carbocycles. The van der Waals surface area contributed by atoms with Gasteiger partial charge in [0.15, 0.2) is 0 Å². The van der Waals surface area contributed by atoms with Gasteiger partial charge in [-0.3, -0.25) is 4.79 Å². The monoisotopic (exact) mass is 305 g/mol. The maximum Gasteiger partial charge on any atom is 0.406 e. The fourth-order valence-electron chi connectivity index (χ4n) is 1.45. The summed E-state index contributed by atoms with van der Waals surface area (Å²) in [6.45, 7) is -1.72. The number of alkyl halides is 3. The molecular formula is C12H11ClF3N3O. The normalized spacial score (nSPS) is 10.8. The average molecular weight is 306 g/mol. The standard InChI is InChI=1S/C12H11ClF3N3O/c1-19(7-12(14,15)16)10(20)6-18-11-8(5-17)3-2-4-9(11)13/h2-4,18H,6-7H2,1H3. The number of hydrogen-bond donors (Lipinski definition) is 1. The second-order valence-corrected chi connectivity index (χ2v) is 4.40. The Hall–Kier alpha value is -1.94. The first-order valence-corrected chi connectivity index (χ1v) is 5.85. The van der Waals surface area contributed by atoms with Crippen LogP contribution in [0.5, 0.6) is 0 Å². The van der Waals surface area contributed by atoms with Gasteiger partial charge in [0.05, 0.1) is 22.8 Å². The van der Waals surface area contributed by atoms with Crippen molar-refractivity contribution in [1.82, 2.24) is 4.90 Å². The van der Waals surface area contributed by atoms with Gasteiger partial charge >= 0.3 is 6.18 Å². The Kier molecular flexibility index (Phi) is 5.22. The van der Waals surface area contributed by atoms with Crippen molar-refractivity contribution in [2.24, 2.45) is 0 Å². The minimum atomic E-state index is -4.45. The van der Waals surface area contributed by atoms with Crippen LogP contribution in [0.3, 0.4) is 0 Å². The molecule has 4 nitrogen and oxygen atoms in total. The highest BCUT2D eigenvalue weighted by atomic mass is 35.5. The van der Waals surface area contributed by atoms with Gasteiger partial charge in [-0.15, -0.1) is 0 Å². The number of likely N-dealkylation sites (N-methyl/N-ethyl adjacent to an activating group) is 1. The highest BCUT2D eigenvalue weighted by Crippen LogP contribution is 2.25. The molecule has 1 rings (SSSR count). The van der Waals surface area contributed by atoms with Crippen LogP contribution in [0, 0.1) is 11.3 Å². The molecule has 0 atom stereocenters. The summed E-state index contributed by atoms with van der Waals surface area (Å²) in [6.07, 6.45) is -4.45. The highest BCUT2D eigenvalue weighted by Gasteiger charge is 2.31. The van der Waals surface area contributed by atoms with Gasteiger partial charge in [-0.25, -0.2) is 0 Å². The van der Waals surface area contributed by atoms with Gasteiger partial charge < -0.3 is 10.2 Å². The van der Waals surface area contributed by atoms with E-state index in [0.717, 1.165) is 7.05 Å². The van der Waals surface area contributed by atoms with E-state index in [4.69, 9.17) is 16.9 Å².